The third kappa shape index (κ3) is 3.46. The van der Waals surface area contributed by atoms with Crippen molar-refractivity contribution in [1.29, 1.82) is 0 Å². The van der Waals surface area contributed by atoms with E-state index in [4.69, 9.17) is 9.47 Å². The van der Waals surface area contributed by atoms with E-state index in [2.05, 4.69) is 26.1 Å². The van der Waals surface area contributed by atoms with Crippen molar-refractivity contribution in [3.8, 4) is 0 Å². The number of hydrogen-bond donors (Lipinski definition) is 1. The molecule has 2 rings (SSSR count). The Morgan fingerprint density at radius 3 is 2.44 bits per heavy atom. The molecule has 1 N–H and O–H groups in total. The van der Waals surface area contributed by atoms with Crippen molar-refractivity contribution >= 4 is 0 Å². The molecule has 0 aromatic rings. The first-order valence-electron chi connectivity index (χ1n) is 7.75. The molecular weight excluding hydrogens is 226 g/mol. The minimum atomic E-state index is 0.272. The van der Waals surface area contributed by atoms with Crippen LogP contribution in [-0.4, -0.2) is 37.5 Å². The molecule has 0 spiro atoms. The predicted molar refractivity (Wildman–Crippen MR) is 73.8 cm³/mol. The van der Waals surface area contributed by atoms with E-state index in [0.29, 0.717) is 18.2 Å². The van der Waals surface area contributed by atoms with Crippen LogP contribution in [0.3, 0.4) is 0 Å². The number of nitrogens with one attached hydrogen (secondary N) is 1. The van der Waals surface area contributed by atoms with E-state index < -0.39 is 0 Å². The second-order valence-electron chi connectivity index (χ2n) is 5.88. The molecular formula is C15H29NO2. The lowest BCUT2D eigenvalue weighted by molar-refractivity contribution is -0.171. The quantitative estimate of drug-likeness (QED) is 0.791. The lowest BCUT2D eigenvalue weighted by atomic mass is 9.83. The summed E-state index contributed by atoms with van der Waals surface area (Å²) in [6.07, 6.45) is 7.33. The third-order valence-corrected chi connectivity index (χ3v) is 4.40. The summed E-state index contributed by atoms with van der Waals surface area (Å²) in [6, 6.07) is 0.502. The standard InChI is InChI=1S/C15H29NO2/c1-4-16-13-10-14(15(13)17-5-2)18-12-8-6-11(3)7-9-12/h11-16H,4-10H2,1-3H3. The Morgan fingerprint density at radius 1 is 1.11 bits per heavy atom. The van der Waals surface area contributed by atoms with Gasteiger partial charge in [0.1, 0.15) is 0 Å². The lowest BCUT2D eigenvalue weighted by Crippen LogP contribution is -2.60. The highest BCUT2D eigenvalue weighted by atomic mass is 16.6. The fourth-order valence-electron chi connectivity index (χ4n) is 3.21. The van der Waals surface area contributed by atoms with Crippen LogP contribution < -0.4 is 5.32 Å². The van der Waals surface area contributed by atoms with Gasteiger partial charge in [0.05, 0.1) is 18.3 Å². The number of ether oxygens (including phenoxy) is 2. The van der Waals surface area contributed by atoms with E-state index in [1.165, 1.54) is 25.7 Å². The van der Waals surface area contributed by atoms with Crippen LogP contribution in [0.1, 0.15) is 52.9 Å². The van der Waals surface area contributed by atoms with Crippen molar-refractivity contribution in [2.75, 3.05) is 13.2 Å². The van der Waals surface area contributed by atoms with Crippen LogP contribution in [0.25, 0.3) is 0 Å². The highest BCUT2D eigenvalue weighted by Gasteiger charge is 2.43. The molecule has 2 fully saturated rings. The summed E-state index contributed by atoms with van der Waals surface area (Å²) in [5.41, 5.74) is 0. The second kappa shape index (κ2) is 6.88. The predicted octanol–water partition coefficient (Wildman–Crippen LogP) is 2.74. The fourth-order valence-corrected chi connectivity index (χ4v) is 3.21. The maximum Gasteiger partial charge on any atom is 0.0990 e. The summed E-state index contributed by atoms with van der Waals surface area (Å²) in [5, 5.41) is 3.49. The van der Waals surface area contributed by atoms with Crippen molar-refractivity contribution in [2.24, 2.45) is 5.92 Å². The monoisotopic (exact) mass is 255 g/mol. The lowest BCUT2D eigenvalue weighted by Gasteiger charge is -2.46. The molecule has 0 aliphatic heterocycles. The molecule has 3 unspecified atom stereocenters. The molecule has 0 heterocycles. The van der Waals surface area contributed by atoms with E-state index in [0.717, 1.165) is 25.5 Å². The van der Waals surface area contributed by atoms with Crippen LogP contribution in [-0.2, 0) is 9.47 Å². The van der Waals surface area contributed by atoms with Crippen molar-refractivity contribution in [1.82, 2.24) is 5.32 Å². The first kappa shape index (κ1) is 14.3. The average molecular weight is 255 g/mol. The van der Waals surface area contributed by atoms with E-state index in [9.17, 15) is 0 Å². The van der Waals surface area contributed by atoms with Gasteiger partial charge in [0, 0.05) is 12.6 Å². The van der Waals surface area contributed by atoms with Gasteiger partial charge in [0.25, 0.3) is 0 Å². The van der Waals surface area contributed by atoms with E-state index in [1.54, 1.807) is 0 Å². The largest absolute Gasteiger partial charge is 0.374 e. The fraction of sp³-hybridized carbons (Fsp3) is 1.00. The topological polar surface area (TPSA) is 30.5 Å². The van der Waals surface area contributed by atoms with Gasteiger partial charge in [-0.05, 0) is 51.5 Å². The summed E-state index contributed by atoms with van der Waals surface area (Å²) in [6.45, 7) is 8.38. The maximum atomic E-state index is 6.25. The molecule has 3 atom stereocenters. The normalized spacial score (nSPS) is 40.5. The Labute approximate surface area is 112 Å². The summed E-state index contributed by atoms with van der Waals surface area (Å²) < 4.78 is 12.1. The van der Waals surface area contributed by atoms with Gasteiger partial charge in [-0.2, -0.15) is 0 Å². The summed E-state index contributed by atoms with van der Waals surface area (Å²) in [5.74, 6) is 0.892. The maximum absolute atomic E-state index is 6.25. The molecule has 0 bridgehead atoms. The van der Waals surface area contributed by atoms with E-state index in [-0.39, 0.29) is 6.10 Å². The van der Waals surface area contributed by atoms with Crippen molar-refractivity contribution < 1.29 is 9.47 Å². The molecule has 0 aromatic carbocycles. The first-order chi connectivity index (χ1) is 8.74. The Balaban J connectivity index is 1.75. The van der Waals surface area contributed by atoms with E-state index in [1.807, 2.05) is 0 Å². The van der Waals surface area contributed by atoms with Gasteiger partial charge in [0.15, 0.2) is 0 Å². The molecule has 2 aliphatic rings. The van der Waals surface area contributed by atoms with Gasteiger partial charge in [-0.25, -0.2) is 0 Å². The van der Waals surface area contributed by atoms with Crippen molar-refractivity contribution in [3.63, 3.8) is 0 Å². The molecule has 2 saturated carbocycles. The molecule has 0 radical (unpaired) electrons. The average Bonchev–Trinajstić information content (AvgIpc) is 2.37. The Morgan fingerprint density at radius 2 is 1.83 bits per heavy atom. The minimum absolute atomic E-state index is 0.272. The summed E-state index contributed by atoms with van der Waals surface area (Å²) in [7, 11) is 0. The molecule has 2 aliphatic carbocycles. The van der Waals surface area contributed by atoms with Crippen molar-refractivity contribution in [3.05, 3.63) is 0 Å². The number of likely N-dealkylation sites (N-methyl/N-ethyl adjacent to an activating group) is 1. The molecule has 18 heavy (non-hydrogen) atoms. The highest BCUT2D eigenvalue weighted by Crippen LogP contribution is 2.33. The van der Waals surface area contributed by atoms with Crippen LogP contribution in [0.4, 0.5) is 0 Å². The van der Waals surface area contributed by atoms with Gasteiger partial charge >= 0.3 is 0 Å². The van der Waals surface area contributed by atoms with Gasteiger partial charge in [-0.3, -0.25) is 0 Å². The zero-order valence-electron chi connectivity index (χ0n) is 12.2. The molecule has 106 valence electrons. The van der Waals surface area contributed by atoms with Crippen LogP contribution in [0.15, 0.2) is 0 Å². The molecule has 0 aromatic heterocycles. The van der Waals surface area contributed by atoms with Gasteiger partial charge in [-0.15, -0.1) is 0 Å². The van der Waals surface area contributed by atoms with Gasteiger partial charge < -0.3 is 14.8 Å². The highest BCUT2D eigenvalue weighted by molar-refractivity contribution is 4.97. The second-order valence-corrected chi connectivity index (χ2v) is 5.88. The summed E-state index contributed by atoms with van der Waals surface area (Å²) in [4.78, 5) is 0. The molecule has 0 amide bonds. The van der Waals surface area contributed by atoms with Gasteiger partial charge in [0.2, 0.25) is 0 Å². The molecule has 3 heteroatoms. The van der Waals surface area contributed by atoms with Gasteiger partial charge in [-0.1, -0.05) is 13.8 Å². The Hall–Kier alpha value is -0.120. The molecule has 0 saturated heterocycles. The smallest absolute Gasteiger partial charge is 0.0990 e. The number of hydrogen-bond acceptors (Lipinski definition) is 3. The summed E-state index contributed by atoms with van der Waals surface area (Å²) >= 11 is 0. The third-order valence-electron chi connectivity index (χ3n) is 4.40. The van der Waals surface area contributed by atoms with Crippen LogP contribution in [0.5, 0.6) is 0 Å². The van der Waals surface area contributed by atoms with Crippen LogP contribution >= 0.6 is 0 Å². The zero-order chi connectivity index (χ0) is 13.0. The molecule has 3 nitrogen and oxygen atoms in total. The first-order valence-corrected chi connectivity index (χ1v) is 7.75. The van der Waals surface area contributed by atoms with Crippen molar-refractivity contribution in [2.45, 2.75) is 77.2 Å². The van der Waals surface area contributed by atoms with E-state index >= 15 is 0 Å². The Bertz CT molecular complexity index is 239. The zero-order valence-corrected chi connectivity index (χ0v) is 12.2. The number of rotatable bonds is 6. The van der Waals surface area contributed by atoms with Crippen LogP contribution in [0.2, 0.25) is 0 Å². The Kier molecular flexibility index (Phi) is 5.46. The minimum Gasteiger partial charge on any atom is -0.374 e. The SMILES string of the molecule is CCNC1CC(OC2CCC(C)CC2)C1OCC. The van der Waals surface area contributed by atoms with Crippen LogP contribution in [0, 0.1) is 5.92 Å².